The van der Waals surface area contributed by atoms with Crippen molar-refractivity contribution in [3.05, 3.63) is 101 Å². The molecule has 0 radical (unpaired) electrons. The maximum absolute atomic E-state index is 13.2. The number of carbonyl (C=O) groups is 1. The first-order chi connectivity index (χ1) is 14.6. The fourth-order valence-electron chi connectivity index (χ4n) is 3.21. The molecule has 2 heterocycles. The lowest BCUT2D eigenvalue weighted by molar-refractivity contribution is 0.0946. The van der Waals surface area contributed by atoms with Gasteiger partial charge in [0.1, 0.15) is 5.82 Å². The maximum atomic E-state index is 13.2. The van der Waals surface area contributed by atoms with Crippen molar-refractivity contribution in [2.24, 2.45) is 0 Å². The normalized spacial score (nSPS) is 10.9. The van der Waals surface area contributed by atoms with Crippen LogP contribution < -0.4 is 5.32 Å². The Hall–Kier alpha value is -3.74. The van der Waals surface area contributed by atoms with Crippen LogP contribution in [0.4, 0.5) is 4.39 Å². The Kier molecular flexibility index (Phi) is 5.70. The van der Waals surface area contributed by atoms with E-state index in [1.165, 1.54) is 17.7 Å². The fraction of sp³-hybridized carbons (Fsp3) is 0.174. The summed E-state index contributed by atoms with van der Waals surface area (Å²) in [6, 6.07) is 18.1. The molecule has 30 heavy (non-hydrogen) atoms. The average molecular weight is 403 g/mol. The molecule has 0 aliphatic carbocycles. The third kappa shape index (κ3) is 4.30. The molecule has 0 bridgehead atoms. The molecular weight excluding hydrogens is 381 g/mol. The predicted octanol–water partition coefficient (Wildman–Crippen LogP) is 3.75. The highest BCUT2D eigenvalue weighted by molar-refractivity contribution is 5.95. The number of hydrogen-bond donors (Lipinski definition) is 1. The minimum atomic E-state index is -0.302. The molecule has 0 aliphatic rings. The van der Waals surface area contributed by atoms with Crippen molar-refractivity contribution in [2.45, 2.75) is 26.4 Å². The molecule has 7 heteroatoms. The van der Waals surface area contributed by atoms with Crippen molar-refractivity contribution in [2.75, 3.05) is 0 Å². The van der Waals surface area contributed by atoms with Gasteiger partial charge < -0.3 is 9.88 Å². The number of nitrogens with zero attached hydrogens (tertiary/aromatic N) is 4. The molecule has 0 aliphatic heterocycles. The van der Waals surface area contributed by atoms with Gasteiger partial charge in [0.15, 0.2) is 11.5 Å². The molecule has 1 amide bonds. The van der Waals surface area contributed by atoms with E-state index in [-0.39, 0.29) is 17.4 Å². The smallest absolute Gasteiger partial charge is 0.276 e. The molecule has 4 aromatic rings. The van der Waals surface area contributed by atoms with E-state index >= 15 is 0 Å². The molecule has 4 rings (SSSR count). The lowest BCUT2D eigenvalue weighted by Crippen LogP contribution is -2.25. The Morgan fingerprint density at radius 3 is 2.27 bits per heavy atom. The molecule has 0 spiro atoms. The van der Waals surface area contributed by atoms with Crippen molar-refractivity contribution >= 4 is 5.91 Å². The Balaban J connectivity index is 1.56. The summed E-state index contributed by atoms with van der Waals surface area (Å²) in [5.41, 5.74) is 3.36. The van der Waals surface area contributed by atoms with Crippen LogP contribution in [0.5, 0.6) is 0 Å². The highest BCUT2D eigenvalue weighted by atomic mass is 19.1. The van der Waals surface area contributed by atoms with E-state index in [1.807, 2.05) is 36.7 Å². The van der Waals surface area contributed by atoms with Crippen LogP contribution in [0, 0.1) is 5.82 Å². The molecule has 0 saturated heterocycles. The largest absolute Gasteiger partial charge is 0.346 e. The molecule has 152 valence electrons. The van der Waals surface area contributed by atoms with Crippen LogP contribution in [0.25, 0.3) is 5.82 Å². The molecule has 0 saturated carbocycles. The van der Waals surface area contributed by atoms with Gasteiger partial charge in [0.2, 0.25) is 0 Å². The van der Waals surface area contributed by atoms with Gasteiger partial charge >= 0.3 is 0 Å². The summed E-state index contributed by atoms with van der Waals surface area (Å²) < 4.78 is 16.7. The van der Waals surface area contributed by atoms with Gasteiger partial charge in [0, 0.05) is 18.9 Å². The molecular formula is C23H22FN5O. The summed E-state index contributed by atoms with van der Waals surface area (Å²) in [6.07, 6.45) is 4.64. The number of hydrogen-bond acceptors (Lipinski definition) is 3. The van der Waals surface area contributed by atoms with Crippen LogP contribution in [0.2, 0.25) is 0 Å². The van der Waals surface area contributed by atoms with Crippen LogP contribution in [0.3, 0.4) is 0 Å². The Bertz CT molecular complexity index is 1120. The fourth-order valence-corrected chi connectivity index (χ4v) is 3.21. The topological polar surface area (TPSA) is 64.7 Å². The van der Waals surface area contributed by atoms with Crippen molar-refractivity contribution in [1.29, 1.82) is 0 Å². The Labute approximate surface area is 174 Å². The number of carbonyl (C=O) groups excluding carboxylic acids is 1. The summed E-state index contributed by atoms with van der Waals surface area (Å²) in [7, 11) is 0. The quantitative estimate of drug-likeness (QED) is 0.511. The number of aryl methyl sites for hydroxylation is 1. The first kappa shape index (κ1) is 19.6. The van der Waals surface area contributed by atoms with Crippen LogP contribution in [-0.4, -0.2) is 25.5 Å². The molecule has 2 aromatic carbocycles. The predicted molar refractivity (Wildman–Crippen MR) is 112 cm³/mol. The second-order valence-corrected chi connectivity index (χ2v) is 6.99. The molecule has 1 N–H and O–H groups in total. The molecule has 2 aromatic heterocycles. The van der Waals surface area contributed by atoms with E-state index in [4.69, 9.17) is 0 Å². The van der Waals surface area contributed by atoms with E-state index in [9.17, 15) is 9.18 Å². The summed E-state index contributed by atoms with van der Waals surface area (Å²) in [6.45, 7) is 2.88. The second kappa shape index (κ2) is 8.73. The van der Waals surface area contributed by atoms with Gasteiger partial charge in [0.05, 0.1) is 6.54 Å². The van der Waals surface area contributed by atoms with Crippen molar-refractivity contribution < 1.29 is 9.18 Å². The number of halogens is 1. The number of aromatic nitrogens is 4. The summed E-state index contributed by atoms with van der Waals surface area (Å²) in [5, 5.41) is 11.2. The van der Waals surface area contributed by atoms with E-state index in [1.54, 1.807) is 21.4 Å². The Morgan fingerprint density at radius 2 is 1.60 bits per heavy atom. The van der Waals surface area contributed by atoms with Crippen LogP contribution >= 0.6 is 0 Å². The number of nitrogens with one attached hydrogen (secondary N) is 1. The first-order valence-electron chi connectivity index (χ1n) is 9.81. The van der Waals surface area contributed by atoms with Gasteiger partial charge in [-0.05, 0) is 47.4 Å². The standard InChI is InChI=1S/C23H22FN5O/c1-2-17-5-7-18(8-6-17)15-25-22(30)21-23(28-13-3-4-14-28)29(27-26-21)16-19-9-11-20(24)12-10-19/h3-14H,2,15-16H2,1H3,(H,25,30). The van der Waals surface area contributed by atoms with E-state index in [0.29, 0.717) is 18.9 Å². The van der Waals surface area contributed by atoms with E-state index in [2.05, 4.69) is 34.7 Å². The van der Waals surface area contributed by atoms with Gasteiger partial charge in [-0.2, -0.15) is 0 Å². The second-order valence-electron chi connectivity index (χ2n) is 6.99. The van der Waals surface area contributed by atoms with E-state index < -0.39 is 0 Å². The van der Waals surface area contributed by atoms with Crippen LogP contribution in [0.15, 0.2) is 73.1 Å². The third-order valence-corrected chi connectivity index (χ3v) is 4.90. The van der Waals surface area contributed by atoms with Gasteiger partial charge in [-0.3, -0.25) is 4.79 Å². The SMILES string of the molecule is CCc1ccc(CNC(=O)c2nnn(Cc3ccc(F)cc3)c2-n2cccc2)cc1. The van der Waals surface area contributed by atoms with E-state index in [0.717, 1.165) is 17.5 Å². The number of amides is 1. The zero-order valence-corrected chi connectivity index (χ0v) is 16.6. The van der Waals surface area contributed by atoms with Crippen LogP contribution in [0.1, 0.15) is 34.1 Å². The van der Waals surface area contributed by atoms with Crippen molar-refractivity contribution in [1.82, 2.24) is 24.9 Å². The number of rotatable bonds is 7. The molecule has 0 atom stereocenters. The van der Waals surface area contributed by atoms with Gasteiger partial charge in [0.25, 0.3) is 5.91 Å². The first-order valence-corrected chi connectivity index (χ1v) is 9.81. The monoisotopic (exact) mass is 403 g/mol. The minimum absolute atomic E-state index is 0.235. The highest BCUT2D eigenvalue weighted by Gasteiger charge is 2.21. The van der Waals surface area contributed by atoms with Crippen molar-refractivity contribution in [3.63, 3.8) is 0 Å². The molecule has 0 unspecified atom stereocenters. The highest BCUT2D eigenvalue weighted by Crippen LogP contribution is 2.15. The third-order valence-electron chi connectivity index (χ3n) is 4.90. The molecule has 0 fully saturated rings. The van der Waals surface area contributed by atoms with Gasteiger partial charge in [-0.15, -0.1) is 5.10 Å². The minimum Gasteiger partial charge on any atom is -0.346 e. The van der Waals surface area contributed by atoms with Gasteiger partial charge in [-0.1, -0.05) is 48.5 Å². The Morgan fingerprint density at radius 1 is 0.967 bits per heavy atom. The summed E-state index contributed by atoms with van der Waals surface area (Å²) in [5.74, 6) is -0.0400. The maximum Gasteiger partial charge on any atom is 0.276 e. The lowest BCUT2D eigenvalue weighted by Gasteiger charge is -2.10. The summed E-state index contributed by atoms with van der Waals surface area (Å²) in [4.78, 5) is 12.9. The average Bonchev–Trinajstić information content (AvgIpc) is 3.44. The number of benzene rings is 2. The van der Waals surface area contributed by atoms with Crippen molar-refractivity contribution in [3.8, 4) is 5.82 Å². The van der Waals surface area contributed by atoms with Gasteiger partial charge in [-0.25, -0.2) is 9.07 Å². The van der Waals surface area contributed by atoms with Crippen LogP contribution in [-0.2, 0) is 19.5 Å². The summed E-state index contributed by atoms with van der Waals surface area (Å²) >= 11 is 0. The zero-order valence-electron chi connectivity index (χ0n) is 16.6. The lowest BCUT2D eigenvalue weighted by atomic mass is 10.1. The zero-order chi connectivity index (χ0) is 20.9. The molecule has 6 nitrogen and oxygen atoms in total.